The summed E-state index contributed by atoms with van der Waals surface area (Å²) in [6.07, 6.45) is 2.98. The Bertz CT molecular complexity index is 971. The Morgan fingerprint density at radius 1 is 1.36 bits per heavy atom. The smallest absolute Gasteiger partial charge is 0.236 e. The van der Waals surface area contributed by atoms with Crippen LogP contribution in [0.15, 0.2) is 35.9 Å². The Balaban J connectivity index is 1.94. The number of hydrogen-bond acceptors (Lipinski definition) is 3. The largest absolute Gasteiger partial charge is 0.373 e. The number of rotatable bonds is 1. The molecule has 5 rings (SSSR count). The first-order valence-electron chi connectivity index (χ1n) is 8.84. The zero-order chi connectivity index (χ0) is 17.3. The fourth-order valence-electron chi connectivity index (χ4n) is 5.08. The van der Waals surface area contributed by atoms with Crippen LogP contribution in [-0.2, 0) is 21.4 Å². The molecule has 128 valence electrons. The third-order valence-corrected chi connectivity index (χ3v) is 6.13. The second-order valence-electron chi connectivity index (χ2n) is 7.50. The molecule has 3 unspecified atom stereocenters. The monoisotopic (exact) mass is 336 g/mol. The second kappa shape index (κ2) is 4.82. The van der Waals surface area contributed by atoms with E-state index in [0.717, 1.165) is 28.6 Å². The van der Waals surface area contributed by atoms with E-state index in [0.29, 0.717) is 25.0 Å². The van der Waals surface area contributed by atoms with Crippen molar-refractivity contribution in [2.24, 2.45) is 5.92 Å². The highest BCUT2D eigenvalue weighted by Gasteiger charge is 2.54. The van der Waals surface area contributed by atoms with Gasteiger partial charge in [-0.2, -0.15) is 0 Å². The number of carbonyl (C=O) groups excluding carboxylic acids is 2. The lowest BCUT2D eigenvalue weighted by molar-refractivity contribution is -0.128. The Hall–Kier alpha value is -2.40. The van der Waals surface area contributed by atoms with Gasteiger partial charge in [0, 0.05) is 23.5 Å². The zero-order valence-corrected chi connectivity index (χ0v) is 14.1. The minimum atomic E-state index is -0.853. The van der Waals surface area contributed by atoms with E-state index in [2.05, 4.69) is 11.4 Å². The van der Waals surface area contributed by atoms with Crippen LogP contribution < -0.4 is 5.32 Å². The van der Waals surface area contributed by atoms with Gasteiger partial charge in [-0.25, -0.2) is 0 Å². The minimum Gasteiger partial charge on any atom is -0.373 e. The fourth-order valence-corrected chi connectivity index (χ4v) is 5.08. The van der Waals surface area contributed by atoms with Gasteiger partial charge in [-0.3, -0.25) is 9.59 Å². The average molecular weight is 336 g/mol. The number of para-hydroxylation sites is 1. The van der Waals surface area contributed by atoms with E-state index in [-0.39, 0.29) is 17.6 Å². The molecule has 1 aromatic carbocycles. The summed E-state index contributed by atoms with van der Waals surface area (Å²) in [6, 6.07) is 8.03. The second-order valence-corrected chi connectivity index (χ2v) is 7.50. The molecule has 3 aliphatic rings. The molecule has 25 heavy (non-hydrogen) atoms. The molecule has 1 spiro atoms. The topological polar surface area (TPSA) is 71.3 Å². The molecule has 0 saturated carbocycles. The van der Waals surface area contributed by atoms with Crippen LogP contribution in [0.1, 0.15) is 37.3 Å². The van der Waals surface area contributed by atoms with Crippen molar-refractivity contribution in [3.63, 3.8) is 0 Å². The Morgan fingerprint density at radius 2 is 2.16 bits per heavy atom. The molecule has 0 radical (unpaired) electrons. The van der Waals surface area contributed by atoms with Gasteiger partial charge in [0.1, 0.15) is 11.6 Å². The van der Waals surface area contributed by atoms with Gasteiger partial charge in [0.15, 0.2) is 5.78 Å². The fraction of sp³-hybridized carbons (Fsp3) is 0.400. The van der Waals surface area contributed by atoms with Gasteiger partial charge in [-0.1, -0.05) is 24.3 Å². The molecule has 1 amide bonds. The molecular weight excluding hydrogens is 316 g/mol. The number of fused-ring (bicyclic) bond motifs is 4. The van der Waals surface area contributed by atoms with E-state index in [1.165, 1.54) is 0 Å². The van der Waals surface area contributed by atoms with Crippen LogP contribution in [-0.4, -0.2) is 27.9 Å². The molecule has 5 nitrogen and oxygen atoms in total. The van der Waals surface area contributed by atoms with Crippen molar-refractivity contribution >= 4 is 22.6 Å². The molecule has 2 bridgehead atoms. The lowest BCUT2D eigenvalue weighted by Gasteiger charge is -2.45. The van der Waals surface area contributed by atoms with Crippen LogP contribution in [0.4, 0.5) is 0 Å². The highest BCUT2D eigenvalue weighted by Crippen LogP contribution is 2.53. The molecule has 1 aliphatic carbocycles. The summed E-state index contributed by atoms with van der Waals surface area (Å²) in [7, 11) is 0. The number of benzene rings is 1. The summed E-state index contributed by atoms with van der Waals surface area (Å²) in [6.45, 7) is 2.12. The molecule has 3 atom stereocenters. The number of aliphatic hydroxyl groups excluding tert-OH is 1. The summed E-state index contributed by atoms with van der Waals surface area (Å²) in [5.74, 6) is -0.200. The molecule has 3 heterocycles. The predicted octanol–water partition coefficient (Wildman–Crippen LogP) is 1.98. The summed E-state index contributed by atoms with van der Waals surface area (Å²) < 4.78 is 1.96. The van der Waals surface area contributed by atoms with Gasteiger partial charge >= 0.3 is 0 Å². The maximum Gasteiger partial charge on any atom is 0.236 e. The Morgan fingerprint density at radius 3 is 2.96 bits per heavy atom. The number of nitrogens with zero attached hydrogens (tertiary/aromatic N) is 1. The van der Waals surface area contributed by atoms with Crippen LogP contribution in [0.2, 0.25) is 0 Å². The average Bonchev–Trinajstić information content (AvgIpc) is 2.88. The summed E-state index contributed by atoms with van der Waals surface area (Å²) in [4.78, 5) is 25.2. The highest BCUT2D eigenvalue weighted by molar-refractivity contribution is 6.00. The first-order chi connectivity index (χ1) is 12.0. The molecule has 2 N–H and O–H groups in total. The van der Waals surface area contributed by atoms with Crippen molar-refractivity contribution in [1.82, 2.24) is 9.88 Å². The third kappa shape index (κ3) is 1.76. The third-order valence-electron chi connectivity index (χ3n) is 6.13. The SMILES string of the molecule is CC(=O)C1=CC23CC(C1)C(O)n1c2c(c2ccccc21)CCNC3=O. The Labute approximate surface area is 145 Å². The molecule has 1 aromatic heterocycles. The molecule has 0 fully saturated rings. The number of ketones is 1. The number of aliphatic hydroxyl groups is 1. The van der Waals surface area contributed by atoms with Crippen molar-refractivity contribution in [2.45, 2.75) is 37.8 Å². The maximum atomic E-state index is 13.1. The van der Waals surface area contributed by atoms with Crippen molar-refractivity contribution < 1.29 is 14.7 Å². The van der Waals surface area contributed by atoms with Crippen LogP contribution in [0.5, 0.6) is 0 Å². The maximum absolute atomic E-state index is 13.1. The minimum absolute atomic E-state index is 0.0144. The van der Waals surface area contributed by atoms with E-state index in [9.17, 15) is 14.7 Å². The zero-order valence-electron chi connectivity index (χ0n) is 14.1. The van der Waals surface area contributed by atoms with Gasteiger partial charge in [0.2, 0.25) is 5.91 Å². The van der Waals surface area contributed by atoms with Crippen LogP contribution in [0.3, 0.4) is 0 Å². The van der Waals surface area contributed by atoms with E-state index in [4.69, 9.17) is 0 Å². The van der Waals surface area contributed by atoms with Crippen molar-refractivity contribution in [2.75, 3.05) is 6.54 Å². The van der Waals surface area contributed by atoms with Crippen molar-refractivity contribution in [3.8, 4) is 0 Å². The van der Waals surface area contributed by atoms with E-state index >= 15 is 0 Å². The van der Waals surface area contributed by atoms with E-state index in [1.54, 1.807) is 6.92 Å². The van der Waals surface area contributed by atoms with Crippen molar-refractivity contribution in [1.29, 1.82) is 0 Å². The summed E-state index contributed by atoms with van der Waals surface area (Å²) >= 11 is 0. The number of aromatic nitrogens is 1. The van der Waals surface area contributed by atoms with Gasteiger partial charge in [0.05, 0.1) is 5.52 Å². The quantitative estimate of drug-likeness (QED) is 0.836. The number of allylic oxidation sites excluding steroid dienone is 1. The van der Waals surface area contributed by atoms with Crippen LogP contribution >= 0.6 is 0 Å². The van der Waals surface area contributed by atoms with Crippen LogP contribution in [0, 0.1) is 5.92 Å². The predicted molar refractivity (Wildman–Crippen MR) is 93.1 cm³/mol. The van der Waals surface area contributed by atoms with E-state index in [1.807, 2.05) is 28.8 Å². The first kappa shape index (κ1) is 14.9. The molecule has 5 heteroatoms. The number of amides is 1. The number of nitrogens with one attached hydrogen (secondary N) is 1. The lowest BCUT2D eigenvalue weighted by Crippen LogP contribution is -2.51. The van der Waals surface area contributed by atoms with E-state index < -0.39 is 11.6 Å². The highest BCUT2D eigenvalue weighted by atomic mass is 16.3. The molecule has 2 aliphatic heterocycles. The van der Waals surface area contributed by atoms with Gasteiger partial charge in [0.25, 0.3) is 0 Å². The summed E-state index contributed by atoms with van der Waals surface area (Å²) in [5.41, 5.74) is 2.78. The number of carbonyl (C=O) groups is 2. The first-order valence-corrected chi connectivity index (χ1v) is 8.84. The van der Waals surface area contributed by atoms with Gasteiger partial charge < -0.3 is 15.0 Å². The lowest BCUT2D eigenvalue weighted by atomic mass is 9.65. The Kier molecular flexibility index (Phi) is 2.87. The molecule has 0 saturated heterocycles. The standard InChI is InChI=1S/C20H20N2O3/c1-11(23)12-8-13-10-20(9-12)17-15(6-7-21-19(20)25)14-4-2-3-5-16(14)22(17)18(13)24/h2-5,9,13,18,24H,6-8,10H2,1H3,(H,21,25). The molecule has 2 aromatic rings. The van der Waals surface area contributed by atoms with Crippen LogP contribution in [0.25, 0.3) is 10.9 Å². The normalized spacial score (nSPS) is 30.3. The number of Topliss-reactive ketones (excluding diaryl/α,β-unsaturated/α-hetero) is 1. The molecular formula is C20H20N2O3. The summed E-state index contributed by atoms with van der Waals surface area (Å²) in [5, 5.41) is 15.2. The number of hydrogen-bond donors (Lipinski definition) is 2. The van der Waals surface area contributed by atoms with Crippen molar-refractivity contribution in [3.05, 3.63) is 47.2 Å². The van der Waals surface area contributed by atoms with Gasteiger partial charge in [-0.05, 0) is 43.4 Å². The van der Waals surface area contributed by atoms with Gasteiger partial charge in [-0.15, -0.1) is 0 Å².